The maximum absolute atomic E-state index is 8.87. The highest BCUT2D eigenvalue weighted by molar-refractivity contribution is 5.48. The van der Waals surface area contributed by atoms with Crippen LogP contribution < -0.4 is 10.6 Å². The van der Waals surface area contributed by atoms with E-state index in [9.17, 15) is 0 Å². The minimum atomic E-state index is 0.00157. The van der Waals surface area contributed by atoms with E-state index >= 15 is 0 Å². The molecule has 0 radical (unpaired) electrons. The summed E-state index contributed by atoms with van der Waals surface area (Å²) in [5, 5.41) is 8.87. The molecule has 0 bridgehead atoms. The summed E-state index contributed by atoms with van der Waals surface area (Å²) in [6.07, 6.45) is 1.80. The van der Waals surface area contributed by atoms with Crippen LogP contribution >= 0.6 is 0 Å². The molecule has 1 saturated heterocycles. The zero-order valence-corrected chi connectivity index (χ0v) is 10.0. The summed E-state index contributed by atoms with van der Waals surface area (Å²) in [4.78, 5) is 8.56. The lowest BCUT2D eigenvalue weighted by Gasteiger charge is -2.36. The number of hydrogen-bond donors (Lipinski definition) is 1. The summed E-state index contributed by atoms with van der Waals surface area (Å²) < 4.78 is 0. The van der Waals surface area contributed by atoms with Crippen LogP contribution in [-0.2, 0) is 0 Å². The van der Waals surface area contributed by atoms with Crippen molar-refractivity contribution in [2.24, 2.45) is 0 Å². The molecule has 0 amide bonds. The molecule has 2 rings (SSSR count). The lowest BCUT2D eigenvalue weighted by molar-refractivity contribution is 0.231. The van der Waals surface area contributed by atoms with Gasteiger partial charge in [-0.05, 0) is 19.1 Å². The van der Waals surface area contributed by atoms with Crippen molar-refractivity contribution in [3.63, 3.8) is 0 Å². The van der Waals surface area contributed by atoms with E-state index in [1.807, 2.05) is 19.1 Å². The van der Waals surface area contributed by atoms with Gasteiger partial charge in [0.05, 0.1) is 24.0 Å². The molecular formula is C12H17N5. The lowest BCUT2D eigenvalue weighted by atomic mass is 10.2. The highest BCUT2D eigenvalue weighted by Gasteiger charge is 2.20. The fraction of sp³-hybridized carbons (Fsp3) is 0.500. The van der Waals surface area contributed by atoms with Gasteiger partial charge in [0.2, 0.25) is 0 Å². The SMILES string of the molecule is CC(C#N)N1CCN(c2ccc(N)nc2)CC1. The first kappa shape index (κ1) is 11.7. The average molecular weight is 231 g/mol. The summed E-state index contributed by atoms with van der Waals surface area (Å²) >= 11 is 0. The van der Waals surface area contributed by atoms with Gasteiger partial charge in [-0.2, -0.15) is 5.26 Å². The third-order valence-corrected chi connectivity index (χ3v) is 3.18. The molecular weight excluding hydrogens is 214 g/mol. The quantitative estimate of drug-likeness (QED) is 0.811. The number of hydrogen-bond acceptors (Lipinski definition) is 5. The van der Waals surface area contributed by atoms with E-state index < -0.39 is 0 Å². The number of nitrogen functional groups attached to an aromatic ring is 1. The van der Waals surface area contributed by atoms with Gasteiger partial charge in [0, 0.05) is 26.2 Å². The average Bonchev–Trinajstić information content (AvgIpc) is 2.39. The molecule has 1 aliphatic rings. The Kier molecular flexibility index (Phi) is 3.45. The minimum absolute atomic E-state index is 0.00157. The van der Waals surface area contributed by atoms with Crippen LogP contribution in [0.1, 0.15) is 6.92 Å². The molecule has 0 aromatic carbocycles. The van der Waals surface area contributed by atoms with Gasteiger partial charge in [0.15, 0.2) is 0 Å². The Balaban J connectivity index is 1.95. The molecule has 17 heavy (non-hydrogen) atoms. The van der Waals surface area contributed by atoms with Crippen molar-refractivity contribution in [1.82, 2.24) is 9.88 Å². The number of aromatic nitrogens is 1. The Labute approximate surface area is 101 Å². The van der Waals surface area contributed by atoms with Crippen molar-refractivity contribution >= 4 is 11.5 Å². The molecule has 1 aromatic heterocycles. The Morgan fingerprint density at radius 3 is 2.59 bits per heavy atom. The molecule has 90 valence electrons. The molecule has 0 aliphatic carbocycles. The van der Waals surface area contributed by atoms with Crippen LogP contribution in [-0.4, -0.2) is 42.1 Å². The summed E-state index contributed by atoms with van der Waals surface area (Å²) in [6.45, 7) is 5.63. The highest BCUT2D eigenvalue weighted by Crippen LogP contribution is 2.16. The van der Waals surface area contributed by atoms with Crippen LogP contribution in [0, 0.1) is 11.3 Å². The number of nitrogens with zero attached hydrogens (tertiary/aromatic N) is 4. The molecule has 1 atom stereocenters. The predicted molar refractivity (Wildman–Crippen MR) is 67.5 cm³/mol. The molecule has 1 aliphatic heterocycles. The van der Waals surface area contributed by atoms with Crippen molar-refractivity contribution in [1.29, 1.82) is 5.26 Å². The normalized spacial score (nSPS) is 18.7. The minimum Gasteiger partial charge on any atom is -0.384 e. The van der Waals surface area contributed by atoms with Crippen LogP contribution in [0.25, 0.3) is 0 Å². The number of nitriles is 1. The van der Waals surface area contributed by atoms with Crippen molar-refractivity contribution in [3.05, 3.63) is 18.3 Å². The summed E-state index contributed by atoms with van der Waals surface area (Å²) in [6, 6.07) is 6.09. The smallest absolute Gasteiger partial charge is 0.123 e. The third-order valence-electron chi connectivity index (χ3n) is 3.18. The number of nitrogens with two attached hydrogens (primary N) is 1. The second-order valence-corrected chi connectivity index (χ2v) is 4.27. The Bertz CT molecular complexity index is 400. The maximum atomic E-state index is 8.87. The van der Waals surface area contributed by atoms with Crippen LogP contribution in [0.15, 0.2) is 18.3 Å². The topological polar surface area (TPSA) is 69.2 Å². The summed E-state index contributed by atoms with van der Waals surface area (Å²) in [7, 11) is 0. The van der Waals surface area contributed by atoms with E-state index in [0.29, 0.717) is 5.82 Å². The van der Waals surface area contributed by atoms with E-state index in [0.717, 1.165) is 31.9 Å². The number of anilines is 2. The Hall–Kier alpha value is -1.80. The predicted octanol–water partition coefficient (Wildman–Crippen LogP) is 0.698. The van der Waals surface area contributed by atoms with Crippen molar-refractivity contribution in [2.75, 3.05) is 36.8 Å². The van der Waals surface area contributed by atoms with Crippen LogP contribution in [0.4, 0.5) is 11.5 Å². The second-order valence-electron chi connectivity index (χ2n) is 4.27. The first-order valence-corrected chi connectivity index (χ1v) is 5.81. The second kappa shape index (κ2) is 5.02. The summed E-state index contributed by atoms with van der Waals surface area (Å²) in [5.41, 5.74) is 6.66. The van der Waals surface area contributed by atoms with Gasteiger partial charge in [-0.1, -0.05) is 0 Å². The molecule has 5 nitrogen and oxygen atoms in total. The van der Waals surface area contributed by atoms with E-state index in [1.54, 1.807) is 6.20 Å². The number of piperazine rings is 1. The summed E-state index contributed by atoms with van der Waals surface area (Å²) in [5.74, 6) is 0.547. The fourth-order valence-electron chi connectivity index (χ4n) is 2.03. The van der Waals surface area contributed by atoms with Gasteiger partial charge in [0.25, 0.3) is 0 Å². The van der Waals surface area contributed by atoms with Crippen LogP contribution in [0.3, 0.4) is 0 Å². The molecule has 0 spiro atoms. The monoisotopic (exact) mass is 231 g/mol. The molecule has 1 fully saturated rings. The fourth-order valence-corrected chi connectivity index (χ4v) is 2.03. The van der Waals surface area contributed by atoms with Crippen LogP contribution in [0.2, 0.25) is 0 Å². The molecule has 2 N–H and O–H groups in total. The zero-order chi connectivity index (χ0) is 12.3. The molecule has 1 unspecified atom stereocenters. The van der Waals surface area contributed by atoms with E-state index in [-0.39, 0.29) is 6.04 Å². The maximum Gasteiger partial charge on any atom is 0.123 e. The molecule has 1 aromatic rings. The first-order valence-electron chi connectivity index (χ1n) is 5.81. The first-order chi connectivity index (χ1) is 8.20. The number of rotatable bonds is 2. The standard InChI is InChI=1S/C12H17N5/c1-10(8-13)16-4-6-17(7-5-16)11-2-3-12(14)15-9-11/h2-3,9-10H,4-7H2,1H3,(H2,14,15). The largest absolute Gasteiger partial charge is 0.384 e. The Morgan fingerprint density at radius 2 is 2.06 bits per heavy atom. The van der Waals surface area contributed by atoms with Gasteiger partial charge in [-0.3, -0.25) is 4.90 Å². The van der Waals surface area contributed by atoms with E-state index in [4.69, 9.17) is 11.0 Å². The van der Waals surface area contributed by atoms with Crippen LogP contribution in [0.5, 0.6) is 0 Å². The van der Waals surface area contributed by atoms with Gasteiger partial charge < -0.3 is 10.6 Å². The Morgan fingerprint density at radius 1 is 1.35 bits per heavy atom. The van der Waals surface area contributed by atoms with Crippen molar-refractivity contribution < 1.29 is 0 Å². The molecule has 2 heterocycles. The van der Waals surface area contributed by atoms with Crippen molar-refractivity contribution in [3.8, 4) is 6.07 Å². The van der Waals surface area contributed by atoms with Gasteiger partial charge in [-0.15, -0.1) is 0 Å². The van der Waals surface area contributed by atoms with E-state index in [1.165, 1.54) is 0 Å². The van der Waals surface area contributed by atoms with E-state index in [2.05, 4.69) is 20.9 Å². The van der Waals surface area contributed by atoms with Crippen molar-refractivity contribution in [2.45, 2.75) is 13.0 Å². The lowest BCUT2D eigenvalue weighted by Crippen LogP contribution is -2.49. The van der Waals surface area contributed by atoms with Gasteiger partial charge >= 0.3 is 0 Å². The molecule has 0 saturated carbocycles. The third kappa shape index (κ3) is 2.66. The zero-order valence-electron chi connectivity index (χ0n) is 10.0. The highest BCUT2D eigenvalue weighted by atomic mass is 15.3. The van der Waals surface area contributed by atoms with Gasteiger partial charge in [-0.25, -0.2) is 4.98 Å². The van der Waals surface area contributed by atoms with Gasteiger partial charge in [0.1, 0.15) is 5.82 Å². The molecule has 5 heteroatoms. The number of pyridine rings is 1.